The van der Waals surface area contributed by atoms with Crippen molar-refractivity contribution in [2.45, 2.75) is 32.5 Å². The number of nitrogens with zero attached hydrogens (tertiary/aromatic N) is 1. The summed E-state index contributed by atoms with van der Waals surface area (Å²) in [6.45, 7) is 4.42. The van der Waals surface area contributed by atoms with Crippen molar-refractivity contribution in [3.8, 4) is 0 Å². The van der Waals surface area contributed by atoms with Crippen LogP contribution in [0.15, 0.2) is 29.6 Å². The molecule has 2 nitrogen and oxygen atoms in total. The molecule has 106 valence electrons. The van der Waals surface area contributed by atoms with E-state index in [-0.39, 0.29) is 5.82 Å². The largest absolute Gasteiger partial charge is 0.326 e. The van der Waals surface area contributed by atoms with E-state index in [1.165, 1.54) is 16.5 Å². The predicted octanol–water partition coefficient (Wildman–Crippen LogP) is 3.47. The molecule has 4 heteroatoms. The van der Waals surface area contributed by atoms with E-state index in [0.717, 1.165) is 30.6 Å². The standard InChI is InChI=1S/C16H19FN2S/c1-11-15-3-5-20-16(15)2-4-19(11)10-13-6-12(9-18)7-14(17)8-13/h3,5-8,11H,2,4,9-10,18H2,1H3. The highest BCUT2D eigenvalue weighted by Gasteiger charge is 2.24. The van der Waals surface area contributed by atoms with Gasteiger partial charge in [0.05, 0.1) is 0 Å². The second kappa shape index (κ2) is 5.64. The zero-order valence-corrected chi connectivity index (χ0v) is 12.4. The molecule has 0 amide bonds. The zero-order chi connectivity index (χ0) is 14.1. The Balaban J connectivity index is 1.80. The van der Waals surface area contributed by atoms with Crippen LogP contribution in [0, 0.1) is 5.82 Å². The van der Waals surface area contributed by atoms with Crippen LogP contribution < -0.4 is 5.73 Å². The van der Waals surface area contributed by atoms with Gasteiger partial charge >= 0.3 is 0 Å². The number of hydrogen-bond donors (Lipinski definition) is 1. The molecule has 1 atom stereocenters. The van der Waals surface area contributed by atoms with E-state index in [9.17, 15) is 4.39 Å². The van der Waals surface area contributed by atoms with Crippen molar-refractivity contribution in [1.29, 1.82) is 0 Å². The maximum Gasteiger partial charge on any atom is 0.123 e. The van der Waals surface area contributed by atoms with Gasteiger partial charge in [-0.2, -0.15) is 0 Å². The molecule has 2 heterocycles. The first-order valence-electron chi connectivity index (χ1n) is 6.96. The minimum Gasteiger partial charge on any atom is -0.326 e. The number of thiophene rings is 1. The Hall–Kier alpha value is -1.23. The zero-order valence-electron chi connectivity index (χ0n) is 11.6. The van der Waals surface area contributed by atoms with Crippen molar-refractivity contribution >= 4 is 11.3 Å². The van der Waals surface area contributed by atoms with Crippen LogP contribution in [-0.4, -0.2) is 11.4 Å². The number of nitrogens with two attached hydrogens (primary N) is 1. The number of rotatable bonds is 3. The highest BCUT2D eigenvalue weighted by molar-refractivity contribution is 7.10. The normalized spacial score (nSPS) is 19.1. The third-order valence-corrected chi connectivity index (χ3v) is 5.04. The second-order valence-corrected chi connectivity index (χ2v) is 6.37. The Bertz CT molecular complexity index is 608. The van der Waals surface area contributed by atoms with Gasteiger partial charge in [0, 0.05) is 30.6 Å². The van der Waals surface area contributed by atoms with E-state index < -0.39 is 0 Å². The molecule has 0 fully saturated rings. The maximum absolute atomic E-state index is 13.6. The van der Waals surface area contributed by atoms with Crippen molar-refractivity contribution < 1.29 is 4.39 Å². The fraction of sp³-hybridized carbons (Fsp3) is 0.375. The number of fused-ring (bicyclic) bond motifs is 1. The smallest absolute Gasteiger partial charge is 0.123 e. The Kier molecular flexibility index (Phi) is 3.87. The van der Waals surface area contributed by atoms with Crippen LogP contribution in [0.3, 0.4) is 0 Å². The summed E-state index contributed by atoms with van der Waals surface area (Å²) in [5, 5.41) is 2.17. The summed E-state index contributed by atoms with van der Waals surface area (Å²) < 4.78 is 13.6. The summed E-state index contributed by atoms with van der Waals surface area (Å²) in [6, 6.07) is 7.76. The fourth-order valence-electron chi connectivity index (χ4n) is 2.94. The van der Waals surface area contributed by atoms with Gasteiger partial charge in [-0.1, -0.05) is 6.07 Å². The number of halogens is 1. The van der Waals surface area contributed by atoms with Crippen LogP contribution in [0.25, 0.3) is 0 Å². The topological polar surface area (TPSA) is 29.3 Å². The molecule has 1 aliphatic rings. The molecule has 0 saturated carbocycles. The SMILES string of the molecule is CC1c2ccsc2CCN1Cc1cc(F)cc(CN)c1. The summed E-state index contributed by atoms with van der Waals surface area (Å²) in [4.78, 5) is 3.90. The lowest BCUT2D eigenvalue weighted by molar-refractivity contribution is 0.191. The first-order valence-corrected chi connectivity index (χ1v) is 7.84. The van der Waals surface area contributed by atoms with Gasteiger partial charge in [0.1, 0.15) is 5.82 Å². The lowest BCUT2D eigenvalue weighted by atomic mass is 10.0. The van der Waals surface area contributed by atoms with Crippen molar-refractivity contribution in [3.63, 3.8) is 0 Å². The molecule has 2 aromatic rings. The van der Waals surface area contributed by atoms with Crippen LogP contribution in [0.1, 0.15) is 34.5 Å². The van der Waals surface area contributed by atoms with Gasteiger partial charge in [0.15, 0.2) is 0 Å². The van der Waals surface area contributed by atoms with E-state index in [1.54, 1.807) is 6.07 Å². The molecule has 1 aromatic carbocycles. The molecule has 0 bridgehead atoms. The lowest BCUT2D eigenvalue weighted by Crippen LogP contribution is -2.32. The predicted molar refractivity (Wildman–Crippen MR) is 81.1 cm³/mol. The summed E-state index contributed by atoms with van der Waals surface area (Å²) in [7, 11) is 0. The van der Waals surface area contributed by atoms with Gasteiger partial charge in [0.2, 0.25) is 0 Å². The van der Waals surface area contributed by atoms with Gasteiger partial charge in [-0.15, -0.1) is 11.3 Å². The van der Waals surface area contributed by atoms with E-state index in [4.69, 9.17) is 5.73 Å². The average Bonchev–Trinajstić information content (AvgIpc) is 2.90. The van der Waals surface area contributed by atoms with Crippen molar-refractivity contribution in [2.75, 3.05) is 6.54 Å². The van der Waals surface area contributed by atoms with Crippen molar-refractivity contribution in [1.82, 2.24) is 4.90 Å². The van der Waals surface area contributed by atoms with Crippen LogP contribution in [0.2, 0.25) is 0 Å². The first-order chi connectivity index (χ1) is 9.67. The lowest BCUT2D eigenvalue weighted by Gasteiger charge is -2.33. The summed E-state index contributed by atoms with van der Waals surface area (Å²) in [6.07, 6.45) is 1.09. The van der Waals surface area contributed by atoms with Crippen LogP contribution in [-0.2, 0) is 19.5 Å². The highest BCUT2D eigenvalue weighted by Crippen LogP contribution is 2.33. The fourth-order valence-corrected chi connectivity index (χ4v) is 3.90. The molecule has 20 heavy (non-hydrogen) atoms. The second-order valence-electron chi connectivity index (χ2n) is 5.37. The van der Waals surface area contributed by atoms with Crippen LogP contribution in [0.4, 0.5) is 4.39 Å². The monoisotopic (exact) mass is 290 g/mol. The van der Waals surface area contributed by atoms with Crippen LogP contribution in [0.5, 0.6) is 0 Å². The van der Waals surface area contributed by atoms with Crippen molar-refractivity contribution in [2.24, 2.45) is 5.73 Å². The first kappa shape index (κ1) is 13.7. The van der Waals surface area contributed by atoms with E-state index >= 15 is 0 Å². The quantitative estimate of drug-likeness (QED) is 0.938. The Morgan fingerprint density at radius 3 is 2.95 bits per heavy atom. The third-order valence-electron chi connectivity index (χ3n) is 4.04. The average molecular weight is 290 g/mol. The molecule has 0 spiro atoms. The molecular formula is C16H19FN2S. The number of benzene rings is 1. The van der Waals surface area contributed by atoms with Gasteiger partial charge in [-0.3, -0.25) is 4.90 Å². The molecule has 1 unspecified atom stereocenters. The van der Waals surface area contributed by atoms with Crippen molar-refractivity contribution in [3.05, 3.63) is 57.0 Å². The van der Waals surface area contributed by atoms with E-state index in [2.05, 4.69) is 23.3 Å². The minimum atomic E-state index is -0.191. The van der Waals surface area contributed by atoms with Gasteiger partial charge in [0.25, 0.3) is 0 Å². The molecule has 1 aromatic heterocycles. The van der Waals surface area contributed by atoms with Gasteiger partial charge in [-0.05, 0) is 53.6 Å². The summed E-state index contributed by atoms with van der Waals surface area (Å²) in [5.41, 5.74) is 8.92. The maximum atomic E-state index is 13.6. The van der Waals surface area contributed by atoms with E-state index in [0.29, 0.717) is 12.6 Å². The summed E-state index contributed by atoms with van der Waals surface area (Å²) >= 11 is 1.84. The van der Waals surface area contributed by atoms with Crippen LogP contribution >= 0.6 is 11.3 Å². The molecule has 0 saturated heterocycles. The Morgan fingerprint density at radius 1 is 1.35 bits per heavy atom. The Morgan fingerprint density at radius 2 is 2.15 bits per heavy atom. The molecule has 3 rings (SSSR count). The molecule has 0 radical (unpaired) electrons. The molecular weight excluding hydrogens is 271 g/mol. The minimum absolute atomic E-state index is 0.191. The third kappa shape index (κ3) is 2.64. The van der Waals surface area contributed by atoms with Gasteiger partial charge in [-0.25, -0.2) is 4.39 Å². The molecule has 2 N–H and O–H groups in total. The molecule has 1 aliphatic heterocycles. The highest BCUT2D eigenvalue weighted by atomic mass is 32.1. The van der Waals surface area contributed by atoms with E-state index in [1.807, 2.05) is 17.4 Å². The van der Waals surface area contributed by atoms with Gasteiger partial charge < -0.3 is 5.73 Å². The molecule has 0 aliphatic carbocycles. The Labute approximate surface area is 123 Å². The number of hydrogen-bond acceptors (Lipinski definition) is 3. The summed E-state index contributed by atoms with van der Waals surface area (Å²) in [5.74, 6) is -0.191.